The van der Waals surface area contributed by atoms with Crippen molar-refractivity contribution in [1.82, 2.24) is 4.98 Å². The van der Waals surface area contributed by atoms with E-state index in [0.717, 1.165) is 4.73 Å². The Morgan fingerprint density at radius 1 is 1.10 bits per heavy atom. The third kappa shape index (κ3) is 3.71. The summed E-state index contributed by atoms with van der Waals surface area (Å²) in [5.41, 5.74) is 2.57. The Bertz CT molecular complexity index is 1430. The number of pyridine rings is 1. The standard InChI is InChI=1S/C23H19N3O4S/c1-3-31(28,29)18-8-9-22(30-17-6-4-16(14-24)5-7-17)21(13-18)20-12-15(2)26(27)23-19(20)10-11-25-23/h4-13,25H,3H2,1-2H3. The monoisotopic (exact) mass is 433 g/mol. The third-order valence-corrected chi connectivity index (χ3v) is 6.82. The number of sulfone groups is 1. The molecule has 0 unspecified atom stereocenters. The van der Waals surface area contributed by atoms with Gasteiger partial charge in [0.05, 0.1) is 33.9 Å². The van der Waals surface area contributed by atoms with Crippen LogP contribution < -0.4 is 9.47 Å². The lowest BCUT2D eigenvalue weighted by molar-refractivity contribution is -0.586. The summed E-state index contributed by atoms with van der Waals surface area (Å²) in [7, 11) is -3.45. The van der Waals surface area contributed by atoms with Crippen LogP contribution in [0.4, 0.5) is 0 Å². The molecule has 2 heterocycles. The molecule has 0 aliphatic heterocycles. The van der Waals surface area contributed by atoms with Crippen molar-refractivity contribution < 1.29 is 17.9 Å². The van der Waals surface area contributed by atoms with Gasteiger partial charge in [-0.1, -0.05) is 6.92 Å². The maximum atomic E-state index is 12.5. The molecule has 0 radical (unpaired) electrons. The minimum absolute atomic E-state index is 0.0315. The highest BCUT2D eigenvalue weighted by Crippen LogP contribution is 2.38. The smallest absolute Gasteiger partial charge is 0.290 e. The molecule has 0 amide bonds. The van der Waals surface area contributed by atoms with Gasteiger partial charge in [-0.15, -0.1) is 0 Å². The van der Waals surface area contributed by atoms with Crippen LogP contribution in [0.25, 0.3) is 22.2 Å². The van der Waals surface area contributed by atoms with Gasteiger partial charge in [0.2, 0.25) is 0 Å². The second kappa shape index (κ2) is 7.78. The number of ether oxygens (including phenoxy) is 1. The molecule has 0 fully saturated rings. The second-order valence-corrected chi connectivity index (χ2v) is 9.31. The largest absolute Gasteiger partial charge is 0.710 e. The normalized spacial score (nSPS) is 11.4. The van der Waals surface area contributed by atoms with Gasteiger partial charge in [0.1, 0.15) is 17.2 Å². The molecule has 31 heavy (non-hydrogen) atoms. The molecule has 0 bridgehead atoms. The van der Waals surface area contributed by atoms with Crippen LogP contribution in [0.5, 0.6) is 11.5 Å². The van der Waals surface area contributed by atoms with Crippen LogP contribution in [0.1, 0.15) is 18.2 Å². The van der Waals surface area contributed by atoms with E-state index in [4.69, 9.17) is 10.00 Å². The number of H-pyrrole nitrogens is 1. The molecular formula is C23H19N3O4S. The summed E-state index contributed by atoms with van der Waals surface area (Å²) < 4.78 is 31.9. The fourth-order valence-corrected chi connectivity index (χ4v) is 4.29. The van der Waals surface area contributed by atoms with Gasteiger partial charge in [0.15, 0.2) is 9.84 Å². The number of nitriles is 1. The lowest BCUT2D eigenvalue weighted by atomic mass is 10.0. The number of nitrogens with zero attached hydrogens (tertiary/aromatic N) is 2. The Labute approximate surface area is 179 Å². The van der Waals surface area contributed by atoms with Gasteiger partial charge in [-0.2, -0.15) is 5.26 Å². The maximum Gasteiger partial charge on any atom is 0.290 e. The van der Waals surface area contributed by atoms with Gasteiger partial charge in [-0.05, 0) is 61.5 Å². The highest BCUT2D eigenvalue weighted by Gasteiger charge is 2.20. The van der Waals surface area contributed by atoms with E-state index < -0.39 is 9.84 Å². The fraction of sp³-hybridized carbons (Fsp3) is 0.130. The van der Waals surface area contributed by atoms with Gasteiger partial charge < -0.3 is 9.94 Å². The molecule has 0 atom stereocenters. The Morgan fingerprint density at radius 3 is 2.52 bits per heavy atom. The highest BCUT2D eigenvalue weighted by molar-refractivity contribution is 7.91. The van der Waals surface area contributed by atoms with Gasteiger partial charge in [0, 0.05) is 11.1 Å². The average molecular weight is 433 g/mol. The summed E-state index contributed by atoms with van der Waals surface area (Å²) in [6, 6.07) is 16.9. The van der Waals surface area contributed by atoms with Gasteiger partial charge in [-0.3, -0.25) is 0 Å². The zero-order valence-electron chi connectivity index (χ0n) is 16.9. The first-order valence-corrected chi connectivity index (χ1v) is 11.2. The molecule has 1 N–H and O–H groups in total. The van der Waals surface area contributed by atoms with E-state index in [1.165, 1.54) is 6.07 Å². The average Bonchev–Trinajstić information content (AvgIpc) is 3.27. The first kappa shape index (κ1) is 20.4. The van der Waals surface area contributed by atoms with E-state index in [9.17, 15) is 13.6 Å². The molecule has 0 spiro atoms. The lowest BCUT2D eigenvalue weighted by Gasteiger charge is -2.16. The summed E-state index contributed by atoms with van der Waals surface area (Å²) in [6.45, 7) is 3.28. The number of nitrogens with one attached hydrogen (secondary N) is 1. The molecule has 7 nitrogen and oxygen atoms in total. The van der Waals surface area contributed by atoms with E-state index in [1.54, 1.807) is 68.6 Å². The van der Waals surface area contributed by atoms with Crippen molar-refractivity contribution in [3.05, 3.63) is 77.3 Å². The number of fused-ring (bicyclic) bond motifs is 1. The topological polar surface area (TPSA) is 110 Å². The lowest BCUT2D eigenvalue weighted by Crippen LogP contribution is -2.31. The summed E-state index contributed by atoms with van der Waals surface area (Å²) in [5.74, 6) is 0.907. The van der Waals surface area contributed by atoms with E-state index in [2.05, 4.69) is 11.1 Å². The highest BCUT2D eigenvalue weighted by atomic mass is 32.2. The molecule has 156 valence electrons. The third-order valence-electron chi connectivity index (χ3n) is 5.08. The number of aryl methyl sites for hydroxylation is 1. The van der Waals surface area contributed by atoms with Crippen LogP contribution in [0.3, 0.4) is 0 Å². The minimum atomic E-state index is -3.45. The zero-order valence-corrected chi connectivity index (χ0v) is 17.7. The van der Waals surface area contributed by atoms with Crippen molar-refractivity contribution >= 4 is 20.9 Å². The van der Waals surface area contributed by atoms with E-state index in [1.807, 2.05) is 0 Å². The predicted molar refractivity (Wildman–Crippen MR) is 116 cm³/mol. The van der Waals surface area contributed by atoms with Crippen molar-refractivity contribution in [2.75, 3.05) is 5.75 Å². The molecule has 0 aliphatic rings. The quantitative estimate of drug-likeness (QED) is 0.374. The van der Waals surface area contributed by atoms with Crippen molar-refractivity contribution in [3.63, 3.8) is 0 Å². The van der Waals surface area contributed by atoms with Crippen molar-refractivity contribution in [3.8, 4) is 28.7 Å². The van der Waals surface area contributed by atoms with Gasteiger partial charge in [0.25, 0.3) is 5.65 Å². The maximum absolute atomic E-state index is 12.5. The summed E-state index contributed by atoms with van der Waals surface area (Å²) >= 11 is 0. The Kier molecular flexibility index (Phi) is 5.13. The summed E-state index contributed by atoms with van der Waals surface area (Å²) in [4.78, 5) is 3.12. The number of hydrogen-bond donors (Lipinski definition) is 1. The van der Waals surface area contributed by atoms with E-state index in [0.29, 0.717) is 44.9 Å². The van der Waals surface area contributed by atoms with Crippen LogP contribution in [0, 0.1) is 23.5 Å². The van der Waals surface area contributed by atoms with E-state index >= 15 is 0 Å². The zero-order chi connectivity index (χ0) is 22.2. The van der Waals surface area contributed by atoms with Crippen LogP contribution in [-0.2, 0) is 9.84 Å². The minimum Gasteiger partial charge on any atom is -0.710 e. The number of aromatic nitrogens is 2. The molecule has 0 aliphatic carbocycles. The SMILES string of the molecule is CCS(=O)(=O)c1ccc(Oc2ccc(C#N)cc2)c(-c2cc(C)[n+]([O-])c3[nH]ccc23)c1. The number of hydrogen-bond acceptors (Lipinski definition) is 5. The Morgan fingerprint density at radius 2 is 1.84 bits per heavy atom. The summed E-state index contributed by atoms with van der Waals surface area (Å²) in [5, 5.41) is 22.1. The number of rotatable bonds is 5. The van der Waals surface area contributed by atoms with Crippen molar-refractivity contribution in [2.45, 2.75) is 18.7 Å². The van der Waals surface area contributed by atoms with Crippen molar-refractivity contribution in [2.24, 2.45) is 0 Å². The fourth-order valence-electron chi connectivity index (χ4n) is 3.38. The number of benzene rings is 2. The predicted octanol–water partition coefficient (Wildman–Crippen LogP) is 4.23. The molecule has 4 rings (SSSR count). The molecule has 4 aromatic rings. The van der Waals surface area contributed by atoms with Crippen LogP contribution in [0.2, 0.25) is 0 Å². The van der Waals surface area contributed by atoms with Gasteiger partial charge >= 0.3 is 0 Å². The Hall–Kier alpha value is -3.83. The van der Waals surface area contributed by atoms with Crippen molar-refractivity contribution in [1.29, 1.82) is 5.26 Å². The summed E-state index contributed by atoms with van der Waals surface area (Å²) in [6.07, 6.45) is 1.66. The second-order valence-electron chi connectivity index (χ2n) is 7.03. The molecular weight excluding hydrogens is 414 g/mol. The first-order valence-electron chi connectivity index (χ1n) is 9.59. The molecule has 0 saturated carbocycles. The molecule has 0 saturated heterocycles. The van der Waals surface area contributed by atoms with Gasteiger partial charge in [-0.25, -0.2) is 18.1 Å². The molecule has 2 aromatic carbocycles. The first-order chi connectivity index (χ1) is 14.8. The molecule has 2 aromatic heterocycles. The van der Waals surface area contributed by atoms with Crippen LogP contribution in [-0.4, -0.2) is 19.2 Å². The van der Waals surface area contributed by atoms with Crippen LogP contribution in [0.15, 0.2) is 65.7 Å². The number of aromatic amines is 1. The van der Waals surface area contributed by atoms with E-state index in [-0.39, 0.29) is 10.6 Å². The van der Waals surface area contributed by atoms with Crippen LogP contribution >= 0.6 is 0 Å². The Balaban J connectivity index is 1.94. The molecule has 8 heteroatoms.